The van der Waals surface area contributed by atoms with E-state index in [-0.39, 0.29) is 11.3 Å². The quantitative estimate of drug-likeness (QED) is 0.346. The molecule has 0 fully saturated rings. The number of carbonyl (C=O) groups excluding carboxylic acids is 1. The molecule has 0 atom stereocenters. The summed E-state index contributed by atoms with van der Waals surface area (Å²) in [6, 6.07) is 23.7. The Kier molecular flexibility index (Phi) is 5.13. The van der Waals surface area contributed by atoms with Crippen molar-refractivity contribution >= 4 is 28.1 Å². The van der Waals surface area contributed by atoms with Gasteiger partial charge in [-0.05, 0) is 17.2 Å². The molecule has 0 aliphatic carbocycles. The highest BCUT2D eigenvalue weighted by atomic mass is 32.1. The van der Waals surface area contributed by atoms with Gasteiger partial charge in [0.25, 0.3) is 11.6 Å². The van der Waals surface area contributed by atoms with Crippen LogP contribution in [-0.2, 0) is 0 Å². The zero-order valence-corrected chi connectivity index (χ0v) is 15.9. The summed E-state index contributed by atoms with van der Waals surface area (Å²) in [6.07, 6.45) is 0. The molecular weight excluding hydrogens is 386 g/mol. The first kappa shape index (κ1) is 18.5. The minimum atomic E-state index is -0.530. The summed E-state index contributed by atoms with van der Waals surface area (Å²) < 4.78 is 0. The van der Waals surface area contributed by atoms with Gasteiger partial charge in [-0.2, -0.15) is 0 Å². The minimum Gasteiger partial charge on any atom is -0.298 e. The average Bonchev–Trinajstić information content (AvgIpc) is 3.23. The summed E-state index contributed by atoms with van der Waals surface area (Å²) >= 11 is 1.30. The van der Waals surface area contributed by atoms with E-state index in [1.165, 1.54) is 35.6 Å². The maximum atomic E-state index is 12.4. The molecule has 0 saturated heterocycles. The molecular formula is C22H15N3O3S. The van der Waals surface area contributed by atoms with E-state index < -0.39 is 10.8 Å². The summed E-state index contributed by atoms with van der Waals surface area (Å²) in [5.74, 6) is -0.436. The number of amides is 1. The van der Waals surface area contributed by atoms with Gasteiger partial charge < -0.3 is 0 Å². The zero-order valence-electron chi connectivity index (χ0n) is 15.1. The van der Waals surface area contributed by atoms with Gasteiger partial charge in [-0.25, -0.2) is 4.98 Å². The van der Waals surface area contributed by atoms with Crippen LogP contribution in [0, 0.1) is 10.1 Å². The maximum absolute atomic E-state index is 12.4. The minimum absolute atomic E-state index is 0.129. The molecule has 0 radical (unpaired) electrons. The Balaban J connectivity index is 1.49. The third kappa shape index (κ3) is 4.20. The zero-order chi connectivity index (χ0) is 20.2. The number of carbonyl (C=O) groups is 1. The van der Waals surface area contributed by atoms with Crippen molar-refractivity contribution in [3.8, 4) is 22.4 Å². The monoisotopic (exact) mass is 401 g/mol. The fraction of sp³-hybridized carbons (Fsp3) is 0. The van der Waals surface area contributed by atoms with Crippen LogP contribution in [0.5, 0.6) is 0 Å². The molecule has 0 saturated carbocycles. The molecule has 0 aliphatic heterocycles. The lowest BCUT2D eigenvalue weighted by Gasteiger charge is -2.03. The molecule has 7 heteroatoms. The molecule has 0 spiro atoms. The fourth-order valence-electron chi connectivity index (χ4n) is 2.86. The van der Waals surface area contributed by atoms with Crippen molar-refractivity contribution in [1.29, 1.82) is 0 Å². The van der Waals surface area contributed by atoms with E-state index in [0.717, 1.165) is 22.4 Å². The second-order valence-electron chi connectivity index (χ2n) is 6.24. The molecule has 4 aromatic rings. The first-order valence-corrected chi connectivity index (χ1v) is 9.65. The Labute approximate surface area is 170 Å². The molecule has 3 aromatic carbocycles. The molecule has 0 aliphatic rings. The lowest BCUT2D eigenvalue weighted by molar-refractivity contribution is -0.384. The standard InChI is InChI=1S/C22H15N3O3S/c26-21(18-7-4-8-19(13-18)25(27)28)24-22-23-20(14-29-22)17-11-9-16(10-12-17)15-5-2-1-3-6-15/h1-14H,(H,23,24,26). The Morgan fingerprint density at radius 3 is 2.31 bits per heavy atom. The highest BCUT2D eigenvalue weighted by Crippen LogP contribution is 2.28. The topological polar surface area (TPSA) is 85.1 Å². The first-order valence-electron chi connectivity index (χ1n) is 8.77. The van der Waals surface area contributed by atoms with Crippen LogP contribution in [0.4, 0.5) is 10.8 Å². The highest BCUT2D eigenvalue weighted by molar-refractivity contribution is 7.14. The SMILES string of the molecule is O=C(Nc1nc(-c2ccc(-c3ccccc3)cc2)cs1)c1cccc([N+](=O)[O-])c1. The van der Waals surface area contributed by atoms with Crippen LogP contribution in [-0.4, -0.2) is 15.8 Å². The van der Waals surface area contributed by atoms with Crippen LogP contribution < -0.4 is 5.32 Å². The summed E-state index contributed by atoms with van der Waals surface area (Å²) in [7, 11) is 0. The van der Waals surface area contributed by atoms with Gasteiger partial charge in [0.1, 0.15) is 0 Å². The molecule has 4 rings (SSSR count). The van der Waals surface area contributed by atoms with Crippen molar-refractivity contribution in [3.63, 3.8) is 0 Å². The van der Waals surface area contributed by atoms with Gasteiger partial charge in [-0.1, -0.05) is 60.7 Å². The molecule has 1 aromatic heterocycles. The number of nitro groups is 1. The number of non-ortho nitro benzene ring substituents is 1. The largest absolute Gasteiger partial charge is 0.298 e. The smallest absolute Gasteiger partial charge is 0.270 e. The van der Waals surface area contributed by atoms with E-state index in [1.54, 1.807) is 0 Å². The van der Waals surface area contributed by atoms with Crippen molar-refractivity contribution in [2.75, 3.05) is 5.32 Å². The molecule has 0 unspecified atom stereocenters. The number of nitrogens with one attached hydrogen (secondary N) is 1. The van der Waals surface area contributed by atoms with Crippen molar-refractivity contribution < 1.29 is 9.72 Å². The average molecular weight is 401 g/mol. The maximum Gasteiger partial charge on any atom is 0.270 e. The number of rotatable bonds is 5. The normalized spacial score (nSPS) is 10.5. The number of thiazole rings is 1. The van der Waals surface area contributed by atoms with E-state index in [4.69, 9.17) is 0 Å². The van der Waals surface area contributed by atoms with Crippen LogP contribution in [0.25, 0.3) is 22.4 Å². The summed E-state index contributed by atoms with van der Waals surface area (Å²) in [6.45, 7) is 0. The molecule has 1 N–H and O–H groups in total. The summed E-state index contributed by atoms with van der Waals surface area (Å²) in [5, 5.41) is 15.9. The van der Waals surface area contributed by atoms with Gasteiger partial charge in [0.15, 0.2) is 5.13 Å². The molecule has 1 amide bonds. The second-order valence-corrected chi connectivity index (χ2v) is 7.10. The number of aromatic nitrogens is 1. The van der Waals surface area contributed by atoms with Crippen LogP contribution in [0.1, 0.15) is 10.4 Å². The highest BCUT2D eigenvalue weighted by Gasteiger charge is 2.13. The predicted molar refractivity (Wildman–Crippen MR) is 114 cm³/mol. The third-order valence-corrected chi connectivity index (χ3v) is 5.09. The van der Waals surface area contributed by atoms with Crippen molar-refractivity contribution in [2.45, 2.75) is 0 Å². The molecule has 29 heavy (non-hydrogen) atoms. The Morgan fingerprint density at radius 2 is 1.59 bits per heavy atom. The lowest BCUT2D eigenvalue weighted by atomic mass is 10.0. The predicted octanol–water partition coefficient (Wildman–Crippen LogP) is 5.64. The third-order valence-electron chi connectivity index (χ3n) is 4.33. The number of hydrogen-bond donors (Lipinski definition) is 1. The number of nitrogens with zero attached hydrogens (tertiary/aromatic N) is 2. The Bertz CT molecular complexity index is 1170. The molecule has 0 bridgehead atoms. The van der Waals surface area contributed by atoms with Crippen LogP contribution in [0.3, 0.4) is 0 Å². The fourth-order valence-corrected chi connectivity index (χ4v) is 3.57. The van der Waals surface area contributed by atoms with Gasteiger partial charge >= 0.3 is 0 Å². The van der Waals surface area contributed by atoms with Gasteiger partial charge in [-0.15, -0.1) is 11.3 Å². The van der Waals surface area contributed by atoms with Crippen LogP contribution in [0.15, 0.2) is 84.2 Å². The van der Waals surface area contributed by atoms with Gasteiger partial charge in [-0.3, -0.25) is 20.2 Å². The molecule has 1 heterocycles. The second kappa shape index (κ2) is 8.04. The summed E-state index contributed by atoms with van der Waals surface area (Å²) in [5.41, 5.74) is 4.03. The van der Waals surface area contributed by atoms with Gasteiger partial charge in [0.05, 0.1) is 10.6 Å². The number of anilines is 1. The van der Waals surface area contributed by atoms with Crippen LogP contribution >= 0.6 is 11.3 Å². The van der Waals surface area contributed by atoms with E-state index in [2.05, 4.69) is 22.4 Å². The van der Waals surface area contributed by atoms with Crippen molar-refractivity contribution in [1.82, 2.24) is 4.98 Å². The first-order chi connectivity index (χ1) is 14.1. The molecule has 142 valence electrons. The lowest BCUT2D eigenvalue weighted by Crippen LogP contribution is -2.11. The van der Waals surface area contributed by atoms with E-state index in [9.17, 15) is 14.9 Å². The Hall–Kier alpha value is -3.84. The Morgan fingerprint density at radius 1 is 0.897 bits per heavy atom. The van der Waals surface area contributed by atoms with Crippen LogP contribution in [0.2, 0.25) is 0 Å². The summed E-state index contributed by atoms with van der Waals surface area (Å²) in [4.78, 5) is 27.2. The van der Waals surface area contributed by atoms with Crippen molar-refractivity contribution in [3.05, 3.63) is 99.9 Å². The van der Waals surface area contributed by atoms with Gasteiger partial charge in [0.2, 0.25) is 0 Å². The van der Waals surface area contributed by atoms with Gasteiger partial charge in [0, 0.05) is 28.6 Å². The van der Waals surface area contributed by atoms with E-state index in [0.29, 0.717) is 5.13 Å². The van der Waals surface area contributed by atoms with Crippen molar-refractivity contribution in [2.24, 2.45) is 0 Å². The van der Waals surface area contributed by atoms with E-state index in [1.807, 2.05) is 47.8 Å². The number of benzene rings is 3. The van der Waals surface area contributed by atoms with E-state index >= 15 is 0 Å². The molecule has 6 nitrogen and oxygen atoms in total. The number of nitro benzene ring substituents is 1. The number of hydrogen-bond acceptors (Lipinski definition) is 5.